The van der Waals surface area contributed by atoms with Crippen LogP contribution in [0.3, 0.4) is 0 Å². The van der Waals surface area contributed by atoms with E-state index in [4.69, 9.17) is 4.74 Å². The molecule has 162 valence electrons. The number of hydrogen-bond donors (Lipinski definition) is 0. The molecule has 5 rings (SSSR count). The number of carbonyl (C=O) groups is 2. The number of fused-ring (bicyclic) bond motifs is 2. The summed E-state index contributed by atoms with van der Waals surface area (Å²) >= 11 is 0. The van der Waals surface area contributed by atoms with E-state index in [-0.39, 0.29) is 17.9 Å². The first-order valence-electron chi connectivity index (χ1n) is 11.6. The SMILES string of the molecule is O=C1c2ccccc2C(=O)N1CCCO[C@@H]1CCCN([C@@H]2CCCc3ccccc32)C1. The summed E-state index contributed by atoms with van der Waals surface area (Å²) in [4.78, 5) is 28.9. The molecule has 0 bridgehead atoms. The molecule has 0 unspecified atom stereocenters. The summed E-state index contributed by atoms with van der Waals surface area (Å²) in [6.45, 7) is 3.09. The summed E-state index contributed by atoms with van der Waals surface area (Å²) in [6.07, 6.45) is 6.81. The quantitative estimate of drug-likeness (QED) is 0.520. The molecule has 0 saturated carbocycles. The van der Waals surface area contributed by atoms with Crippen LogP contribution in [-0.4, -0.2) is 54.0 Å². The number of carbonyl (C=O) groups excluding carboxylic acids is 2. The van der Waals surface area contributed by atoms with Crippen molar-refractivity contribution in [2.24, 2.45) is 0 Å². The van der Waals surface area contributed by atoms with Crippen molar-refractivity contribution in [1.82, 2.24) is 9.80 Å². The zero-order valence-corrected chi connectivity index (χ0v) is 18.0. The predicted octanol–water partition coefficient (Wildman–Crippen LogP) is 4.23. The van der Waals surface area contributed by atoms with Crippen LogP contribution < -0.4 is 0 Å². The van der Waals surface area contributed by atoms with Crippen LogP contribution in [0, 0.1) is 0 Å². The lowest BCUT2D eigenvalue weighted by Crippen LogP contribution is -2.43. The van der Waals surface area contributed by atoms with Crippen molar-refractivity contribution in [3.63, 3.8) is 0 Å². The van der Waals surface area contributed by atoms with Crippen molar-refractivity contribution < 1.29 is 14.3 Å². The van der Waals surface area contributed by atoms with Gasteiger partial charge in [0.05, 0.1) is 17.2 Å². The lowest BCUT2D eigenvalue weighted by atomic mass is 9.86. The summed E-state index contributed by atoms with van der Waals surface area (Å²) in [5.41, 5.74) is 4.04. The monoisotopic (exact) mass is 418 g/mol. The molecule has 2 amide bonds. The Morgan fingerprint density at radius 1 is 0.903 bits per heavy atom. The fourth-order valence-corrected chi connectivity index (χ4v) is 5.41. The Bertz CT molecular complexity index is 938. The van der Waals surface area contributed by atoms with E-state index >= 15 is 0 Å². The topological polar surface area (TPSA) is 49.9 Å². The first-order chi connectivity index (χ1) is 15.2. The smallest absolute Gasteiger partial charge is 0.261 e. The van der Waals surface area contributed by atoms with Gasteiger partial charge in [0.1, 0.15) is 0 Å². The fourth-order valence-electron chi connectivity index (χ4n) is 5.41. The molecule has 1 aliphatic carbocycles. The van der Waals surface area contributed by atoms with E-state index in [1.54, 1.807) is 24.3 Å². The van der Waals surface area contributed by atoms with Gasteiger partial charge in [-0.25, -0.2) is 0 Å². The van der Waals surface area contributed by atoms with Crippen LogP contribution in [0.4, 0.5) is 0 Å². The summed E-state index contributed by atoms with van der Waals surface area (Å²) in [5.74, 6) is -0.360. The maximum absolute atomic E-state index is 12.5. The molecule has 0 N–H and O–H groups in total. The first-order valence-corrected chi connectivity index (χ1v) is 11.6. The number of likely N-dealkylation sites (tertiary alicyclic amines) is 1. The minimum atomic E-state index is -0.180. The van der Waals surface area contributed by atoms with Crippen LogP contribution in [0.5, 0.6) is 0 Å². The van der Waals surface area contributed by atoms with Gasteiger partial charge in [-0.2, -0.15) is 0 Å². The molecule has 2 atom stereocenters. The van der Waals surface area contributed by atoms with Gasteiger partial charge < -0.3 is 4.74 Å². The number of rotatable bonds is 6. The number of piperidine rings is 1. The van der Waals surface area contributed by atoms with E-state index in [2.05, 4.69) is 29.2 Å². The van der Waals surface area contributed by atoms with E-state index in [1.165, 1.54) is 35.3 Å². The van der Waals surface area contributed by atoms with Crippen molar-refractivity contribution in [3.8, 4) is 0 Å². The Balaban J connectivity index is 1.12. The second kappa shape index (κ2) is 8.93. The Kier molecular flexibility index (Phi) is 5.88. The normalized spacial score (nSPS) is 23.7. The van der Waals surface area contributed by atoms with Crippen molar-refractivity contribution >= 4 is 11.8 Å². The number of nitrogens with zero attached hydrogens (tertiary/aromatic N) is 2. The molecular formula is C26H30N2O3. The number of ether oxygens (including phenoxy) is 1. The zero-order valence-electron chi connectivity index (χ0n) is 18.0. The Labute approximate surface area is 184 Å². The third-order valence-electron chi connectivity index (χ3n) is 6.95. The third-order valence-corrected chi connectivity index (χ3v) is 6.95. The Morgan fingerprint density at radius 3 is 2.45 bits per heavy atom. The number of imide groups is 1. The number of benzene rings is 2. The van der Waals surface area contributed by atoms with Gasteiger partial charge in [0, 0.05) is 25.7 Å². The molecule has 2 aromatic rings. The van der Waals surface area contributed by atoms with E-state index in [1.807, 2.05) is 0 Å². The maximum atomic E-state index is 12.5. The van der Waals surface area contributed by atoms with Crippen LogP contribution in [-0.2, 0) is 11.2 Å². The van der Waals surface area contributed by atoms with Gasteiger partial charge in [0.25, 0.3) is 11.8 Å². The highest BCUT2D eigenvalue weighted by molar-refractivity contribution is 6.21. The van der Waals surface area contributed by atoms with Gasteiger partial charge in [-0.3, -0.25) is 19.4 Å². The summed E-state index contributed by atoms with van der Waals surface area (Å²) in [7, 11) is 0. The van der Waals surface area contributed by atoms with E-state index in [0.29, 0.717) is 36.7 Å². The molecule has 1 fully saturated rings. The minimum Gasteiger partial charge on any atom is -0.377 e. The molecule has 3 aliphatic rings. The molecule has 5 heteroatoms. The average molecular weight is 419 g/mol. The van der Waals surface area contributed by atoms with Gasteiger partial charge in [-0.15, -0.1) is 0 Å². The van der Waals surface area contributed by atoms with E-state index < -0.39 is 0 Å². The van der Waals surface area contributed by atoms with Crippen molar-refractivity contribution in [1.29, 1.82) is 0 Å². The van der Waals surface area contributed by atoms with E-state index in [9.17, 15) is 9.59 Å². The standard InChI is InChI=1S/C26H30N2O3/c29-25-22-12-3-4-13-23(22)26(30)28(25)16-7-17-31-20-10-6-15-27(18-20)24-14-5-9-19-8-1-2-11-21(19)24/h1-4,8,11-13,20,24H,5-7,9-10,14-18H2/t20-,24-/m1/s1. The highest BCUT2D eigenvalue weighted by Crippen LogP contribution is 2.36. The number of hydrogen-bond acceptors (Lipinski definition) is 4. The molecule has 1 saturated heterocycles. The van der Waals surface area contributed by atoms with Crippen LogP contribution in [0.2, 0.25) is 0 Å². The summed E-state index contributed by atoms with van der Waals surface area (Å²) in [5, 5.41) is 0. The van der Waals surface area contributed by atoms with Crippen LogP contribution in [0.25, 0.3) is 0 Å². The van der Waals surface area contributed by atoms with Gasteiger partial charge >= 0.3 is 0 Å². The summed E-state index contributed by atoms with van der Waals surface area (Å²) in [6, 6.07) is 16.5. The highest BCUT2D eigenvalue weighted by Gasteiger charge is 2.35. The molecule has 5 nitrogen and oxygen atoms in total. The Hall–Kier alpha value is -2.50. The average Bonchev–Trinajstić information content (AvgIpc) is 3.06. The lowest BCUT2D eigenvalue weighted by molar-refractivity contribution is -0.0173. The van der Waals surface area contributed by atoms with Crippen LogP contribution >= 0.6 is 0 Å². The van der Waals surface area contributed by atoms with Crippen LogP contribution in [0.1, 0.15) is 70.0 Å². The second-order valence-electron chi connectivity index (χ2n) is 8.90. The molecule has 2 aliphatic heterocycles. The molecule has 0 aromatic heterocycles. The first kappa shape index (κ1) is 20.4. The second-order valence-corrected chi connectivity index (χ2v) is 8.90. The van der Waals surface area contributed by atoms with Gasteiger partial charge in [0.2, 0.25) is 0 Å². The third kappa shape index (κ3) is 4.04. The molecule has 2 aromatic carbocycles. The molecule has 0 radical (unpaired) electrons. The number of amides is 2. The predicted molar refractivity (Wildman–Crippen MR) is 119 cm³/mol. The largest absolute Gasteiger partial charge is 0.377 e. The molecular weight excluding hydrogens is 388 g/mol. The lowest BCUT2D eigenvalue weighted by Gasteiger charge is -2.40. The summed E-state index contributed by atoms with van der Waals surface area (Å²) < 4.78 is 6.21. The van der Waals surface area contributed by atoms with E-state index in [0.717, 1.165) is 25.9 Å². The molecule has 2 heterocycles. The Morgan fingerprint density at radius 2 is 1.65 bits per heavy atom. The number of aryl methyl sites for hydroxylation is 1. The molecule has 0 spiro atoms. The van der Waals surface area contributed by atoms with Gasteiger partial charge in [0.15, 0.2) is 0 Å². The maximum Gasteiger partial charge on any atom is 0.261 e. The zero-order chi connectivity index (χ0) is 21.2. The highest BCUT2D eigenvalue weighted by atomic mass is 16.5. The van der Waals surface area contributed by atoms with Crippen molar-refractivity contribution in [2.45, 2.75) is 50.7 Å². The van der Waals surface area contributed by atoms with Crippen molar-refractivity contribution in [2.75, 3.05) is 26.2 Å². The van der Waals surface area contributed by atoms with Crippen LogP contribution in [0.15, 0.2) is 48.5 Å². The van der Waals surface area contributed by atoms with Gasteiger partial charge in [-0.05, 0) is 68.3 Å². The van der Waals surface area contributed by atoms with Crippen molar-refractivity contribution in [3.05, 3.63) is 70.8 Å². The fraction of sp³-hybridized carbons (Fsp3) is 0.462. The minimum absolute atomic E-state index is 0.180. The molecule has 31 heavy (non-hydrogen) atoms. The van der Waals surface area contributed by atoms with Gasteiger partial charge in [-0.1, -0.05) is 36.4 Å².